The molecule has 1 atom stereocenters. The summed E-state index contributed by atoms with van der Waals surface area (Å²) >= 11 is 1.33. The first-order valence-electron chi connectivity index (χ1n) is 9.32. The Morgan fingerprint density at radius 3 is 2.59 bits per heavy atom. The summed E-state index contributed by atoms with van der Waals surface area (Å²) in [4.78, 5) is 21.8. The molecule has 1 amide bonds. The van der Waals surface area contributed by atoms with Gasteiger partial charge in [0, 0.05) is 11.3 Å². The molecule has 1 N–H and O–H groups in total. The quantitative estimate of drug-likeness (QED) is 0.619. The van der Waals surface area contributed by atoms with E-state index in [0.717, 1.165) is 49.1 Å². The number of nitriles is 1. The lowest BCUT2D eigenvalue weighted by Crippen LogP contribution is -2.50. The van der Waals surface area contributed by atoms with Crippen LogP contribution in [0, 0.1) is 18.3 Å². The molecule has 1 saturated carbocycles. The van der Waals surface area contributed by atoms with Gasteiger partial charge in [0.25, 0.3) is 0 Å². The number of hydrogen-bond donors (Lipinski definition) is 1. The zero-order valence-corrected chi connectivity index (χ0v) is 16.6. The second kappa shape index (κ2) is 8.53. The van der Waals surface area contributed by atoms with Crippen molar-refractivity contribution in [3.05, 3.63) is 42.1 Å². The van der Waals surface area contributed by atoms with Crippen molar-refractivity contribution in [2.24, 2.45) is 0 Å². The highest BCUT2D eigenvalue weighted by atomic mass is 32.2. The number of carbonyl (C=O) groups is 1. The summed E-state index contributed by atoms with van der Waals surface area (Å²) < 4.78 is 0. The molecule has 1 fully saturated rings. The smallest absolute Gasteiger partial charge is 0.234 e. The SMILES string of the molecule is Cc1cc(-c2ccccc2)nc(S[C@H](C)C(=O)NC2(C#N)CCCCC2)n1. The van der Waals surface area contributed by atoms with Gasteiger partial charge in [-0.2, -0.15) is 5.26 Å². The molecule has 1 aliphatic rings. The van der Waals surface area contributed by atoms with Crippen LogP contribution in [0.15, 0.2) is 41.6 Å². The fourth-order valence-electron chi connectivity index (χ4n) is 3.32. The normalized spacial score (nSPS) is 16.9. The van der Waals surface area contributed by atoms with Gasteiger partial charge in [0.15, 0.2) is 5.16 Å². The highest BCUT2D eigenvalue weighted by Crippen LogP contribution is 2.29. The van der Waals surface area contributed by atoms with Crippen LogP contribution in [0.1, 0.15) is 44.7 Å². The highest BCUT2D eigenvalue weighted by Gasteiger charge is 2.35. The molecule has 0 aliphatic heterocycles. The molecular weight excluding hydrogens is 356 g/mol. The number of amides is 1. The number of hydrogen-bond acceptors (Lipinski definition) is 5. The van der Waals surface area contributed by atoms with E-state index in [1.165, 1.54) is 11.8 Å². The average molecular weight is 381 g/mol. The lowest BCUT2D eigenvalue weighted by Gasteiger charge is -2.32. The number of aromatic nitrogens is 2. The Morgan fingerprint density at radius 1 is 1.22 bits per heavy atom. The van der Waals surface area contributed by atoms with E-state index in [1.54, 1.807) is 0 Å². The number of thioether (sulfide) groups is 1. The van der Waals surface area contributed by atoms with Gasteiger partial charge in [-0.1, -0.05) is 61.4 Å². The molecule has 6 heteroatoms. The van der Waals surface area contributed by atoms with Crippen molar-refractivity contribution in [3.8, 4) is 17.3 Å². The first kappa shape index (κ1) is 19.4. The molecule has 0 unspecified atom stereocenters. The zero-order chi connectivity index (χ0) is 19.3. The molecule has 0 bridgehead atoms. The standard InChI is InChI=1S/C21H24N4OS/c1-15-13-18(17-9-5-3-6-10-17)24-20(23-15)27-16(2)19(26)25-21(14-22)11-7-4-8-12-21/h3,5-6,9-10,13,16H,4,7-8,11-12H2,1-2H3,(H,25,26)/t16-/m1/s1. The van der Waals surface area contributed by atoms with Crippen molar-refractivity contribution in [1.29, 1.82) is 5.26 Å². The van der Waals surface area contributed by atoms with Crippen LogP contribution in [0.2, 0.25) is 0 Å². The topological polar surface area (TPSA) is 78.7 Å². The van der Waals surface area contributed by atoms with Crippen molar-refractivity contribution >= 4 is 17.7 Å². The molecule has 5 nitrogen and oxygen atoms in total. The van der Waals surface area contributed by atoms with Crippen molar-refractivity contribution in [3.63, 3.8) is 0 Å². The van der Waals surface area contributed by atoms with Gasteiger partial charge in [0.05, 0.1) is 17.0 Å². The number of benzene rings is 1. The van der Waals surface area contributed by atoms with Crippen molar-refractivity contribution in [1.82, 2.24) is 15.3 Å². The molecule has 0 radical (unpaired) electrons. The maximum absolute atomic E-state index is 12.7. The molecular formula is C21H24N4OS. The molecule has 140 valence electrons. The number of nitrogens with one attached hydrogen (secondary N) is 1. The van der Waals surface area contributed by atoms with Crippen molar-refractivity contribution in [2.45, 2.75) is 61.9 Å². The lowest BCUT2D eigenvalue weighted by atomic mass is 9.83. The van der Waals surface area contributed by atoms with E-state index in [2.05, 4.69) is 21.4 Å². The molecule has 2 aromatic rings. The fourth-order valence-corrected chi connectivity index (χ4v) is 4.15. The van der Waals surface area contributed by atoms with Crippen molar-refractivity contribution in [2.75, 3.05) is 0 Å². The van der Waals surface area contributed by atoms with Crippen LogP contribution in [0.4, 0.5) is 0 Å². The number of rotatable bonds is 5. The van der Waals surface area contributed by atoms with Crippen LogP contribution in [-0.4, -0.2) is 26.7 Å². The Labute approximate surface area is 164 Å². The summed E-state index contributed by atoms with van der Waals surface area (Å²) in [6, 6.07) is 14.2. The number of aryl methyl sites for hydroxylation is 1. The number of nitrogens with zero attached hydrogens (tertiary/aromatic N) is 3. The van der Waals surface area contributed by atoms with E-state index in [1.807, 2.05) is 50.2 Å². The minimum atomic E-state index is -0.715. The third kappa shape index (κ3) is 4.86. The third-order valence-electron chi connectivity index (χ3n) is 4.84. The summed E-state index contributed by atoms with van der Waals surface area (Å²) in [5.74, 6) is -0.130. The van der Waals surface area contributed by atoms with Crippen LogP contribution in [0.5, 0.6) is 0 Å². The molecule has 1 aliphatic carbocycles. The minimum absolute atomic E-state index is 0.130. The Morgan fingerprint density at radius 2 is 1.93 bits per heavy atom. The molecule has 0 saturated heterocycles. The van der Waals surface area contributed by atoms with E-state index in [0.29, 0.717) is 5.16 Å². The summed E-state index contributed by atoms with van der Waals surface area (Å²) in [6.07, 6.45) is 4.55. The van der Waals surface area contributed by atoms with Crippen LogP contribution in [0.25, 0.3) is 11.3 Å². The van der Waals surface area contributed by atoms with E-state index in [4.69, 9.17) is 0 Å². The summed E-state index contributed by atoms with van der Waals surface area (Å²) in [5, 5.41) is 12.8. The Bertz CT molecular complexity index is 841. The highest BCUT2D eigenvalue weighted by molar-refractivity contribution is 8.00. The predicted octanol–water partition coefficient (Wildman–Crippen LogP) is 4.28. The van der Waals surface area contributed by atoms with Gasteiger partial charge in [0.2, 0.25) is 5.91 Å². The first-order chi connectivity index (χ1) is 13.0. The van der Waals surface area contributed by atoms with Gasteiger partial charge >= 0.3 is 0 Å². The maximum atomic E-state index is 12.7. The fraction of sp³-hybridized carbons (Fsp3) is 0.429. The monoisotopic (exact) mass is 380 g/mol. The summed E-state index contributed by atoms with van der Waals surface area (Å²) in [5.41, 5.74) is 2.01. The second-order valence-electron chi connectivity index (χ2n) is 7.05. The third-order valence-corrected chi connectivity index (χ3v) is 5.80. The van der Waals surface area contributed by atoms with Gasteiger partial charge in [-0.15, -0.1) is 0 Å². The molecule has 27 heavy (non-hydrogen) atoms. The Hall–Kier alpha value is -2.39. The number of carbonyl (C=O) groups excluding carboxylic acids is 1. The zero-order valence-electron chi connectivity index (χ0n) is 15.7. The van der Waals surface area contributed by atoms with E-state index in [-0.39, 0.29) is 11.2 Å². The molecule has 1 aromatic heterocycles. The van der Waals surface area contributed by atoms with Crippen molar-refractivity contribution < 1.29 is 4.79 Å². The van der Waals surface area contributed by atoms with Crippen LogP contribution >= 0.6 is 11.8 Å². The molecule has 0 spiro atoms. The Kier molecular flexibility index (Phi) is 6.12. The van der Waals surface area contributed by atoms with Crippen LogP contribution < -0.4 is 5.32 Å². The largest absolute Gasteiger partial charge is 0.337 e. The van der Waals surface area contributed by atoms with Crippen LogP contribution in [0.3, 0.4) is 0 Å². The Balaban J connectivity index is 1.72. The molecule has 3 rings (SSSR count). The first-order valence-corrected chi connectivity index (χ1v) is 10.2. The predicted molar refractivity (Wildman–Crippen MR) is 107 cm³/mol. The second-order valence-corrected chi connectivity index (χ2v) is 8.36. The van der Waals surface area contributed by atoms with Gasteiger partial charge in [-0.3, -0.25) is 4.79 Å². The van der Waals surface area contributed by atoms with Crippen LogP contribution in [-0.2, 0) is 4.79 Å². The van der Waals surface area contributed by atoms with E-state index >= 15 is 0 Å². The van der Waals surface area contributed by atoms with Gasteiger partial charge in [-0.25, -0.2) is 9.97 Å². The van der Waals surface area contributed by atoms with Gasteiger partial charge in [-0.05, 0) is 32.8 Å². The minimum Gasteiger partial charge on any atom is -0.337 e. The molecule has 1 aromatic carbocycles. The van der Waals surface area contributed by atoms with Gasteiger partial charge < -0.3 is 5.32 Å². The lowest BCUT2D eigenvalue weighted by molar-refractivity contribution is -0.121. The molecule has 1 heterocycles. The summed E-state index contributed by atoms with van der Waals surface area (Å²) in [7, 11) is 0. The average Bonchev–Trinajstić information content (AvgIpc) is 2.69. The van der Waals surface area contributed by atoms with Gasteiger partial charge in [0.1, 0.15) is 5.54 Å². The van der Waals surface area contributed by atoms with E-state index in [9.17, 15) is 10.1 Å². The van der Waals surface area contributed by atoms with E-state index < -0.39 is 5.54 Å². The summed E-state index contributed by atoms with van der Waals surface area (Å²) in [6.45, 7) is 3.76. The maximum Gasteiger partial charge on any atom is 0.234 e.